The highest BCUT2D eigenvalue weighted by atomic mass is 16.5. The Morgan fingerprint density at radius 3 is 1.78 bits per heavy atom. The van der Waals surface area contributed by atoms with E-state index < -0.39 is 5.92 Å². The maximum absolute atomic E-state index is 9.79. The fraction of sp³-hybridized carbons (Fsp3) is 0.318. The predicted molar refractivity (Wildman–Crippen MR) is 99.5 cm³/mol. The number of nitriles is 1. The van der Waals surface area contributed by atoms with Crippen molar-refractivity contribution in [2.75, 3.05) is 0 Å². The highest BCUT2D eigenvalue weighted by Gasteiger charge is 2.46. The Morgan fingerprint density at radius 1 is 0.815 bits per heavy atom. The van der Waals surface area contributed by atoms with Crippen LogP contribution in [0.4, 0.5) is 0 Å². The Balaban J connectivity index is 1.31. The topological polar surface area (TPSA) is 67.0 Å². The van der Waals surface area contributed by atoms with Gasteiger partial charge in [0.1, 0.15) is 24.3 Å². The molecule has 0 radical (unpaired) electrons. The SMILES string of the molecule is N#CC(C1=N[C@@H]2c3ccccc3C[C@@H]2O1)C1=N[C@@H]2c3ccccc3C[C@@H]2O1. The minimum atomic E-state index is -0.666. The number of aliphatic imine (C=N–C) groups is 2. The van der Waals surface area contributed by atoms with Gasteiger partial charge in [0.25, 0.3) is 0 Å². The van der Waals surface area contributed by atoms with Crippen molar-refractivity contribution < 1.29 is 9.47 Å². The lowest BCUT2D eigenvalue weighted by Gasteiger charge is -2.14. The van der Waals surface area contributed by atoms with Crippen LogP contribution in [0, 0.1) is 17.2 Å². The number of nitrogens with zero attached hydrogens (tertiary/aromatic N) is 3. The van der Waals surface area contributed by atoms with Gasteiger partial charge in [-0.25, -0.2) is 9.98 Å². The summed E-state index contributed by atoms with van der Waals surface area (Å²) in [5.41, 5.74) is 4.97. The molecule has 0 fully saturated rings. The van der Waals surface area contributed by atoms with Gasteiger partial charge in [-0.3, -0.25) is 0 Å². The van der Waals surface area contributed by atoms with Crippen LogP contribution in [0.15, 0.2) is 58.5 Å². The number of ether oxygens (including phenoxy) is 2. The smallest absolute Gasteiger partial charge is 0.211 e. The minimum Gasteiger partial charge on any atom is -0.473 e. The third kappa shape index (κ3) is 2.10. The van der Waals surface area contributed by atoms with Crippen LogP contribution in [0.5, 0.6) is 0 Å². The summed E-state index contributed by atoms with van der Waals surface area (Å²) in [6.45, 7) is 0. The van der Waals surface area contributed by atoms with Crippen LogP contribution in [0.3, 0.4) is 0 Å². The first-order valence-electron chi connectivity index (χ1n) is 9.36. The van der Waals surface area contributed by atoms with Crippen LogP contribution >= 0.6 is 0 Å². The molecule has 2 aliphatic heterocycles. The number of rotatable bonds is 2. The second kappa shape index (κ2) is 5.43. The van der Waals surface area contributed by atoms with E-state index in [4.69, 9.17) is 19.5 Å². The molecule has 6 rings (SSSR count). The van der Waals surface area contributed by atoms with E-state index in [-0.39, 0.29) is 24.3 Å². The Kier molecular flexibility index (Phi) is 3.01. The average molecular weight is 355 g/mol. The van der Waals surface area contributed by atoms with E-state index >= 15 is 0 Å². The first-order valence-corrected chi connectivity index (χ1v) is 9.36. The number of fused-ring (bicyclic) bond motifs is 6. The summed E-state index contributed by atoms with van der Waals surface area (Å²) in [6, 6.07) is 18.8. The Morgan fingerprint density at radius 2 is 1.30 bits per heavy atom. The van der Waals surface area contributed by atoms with Crippen LogP contribution < -0.4 is 0 Å². The van der Waals surface area contributed by atoms with Crippen molar-refractivity contribution in [2.24, 2.45) is 15.9 Å². The molecule has 2 aliphatic carbocycles. The van der Waals surface area contributed by atoms with Gasteiger partial charge in [-0.05, 0) is 22.3 Å². The zero-order chi connectivity index (χ0) is 18.0. The molecular formula is C22H17N3O2. The Labute approximate surface area is 157 Å². The first kappa shape index (κ1) is 15.0. The van der Waals surface area contributed by atoms with E-state index in [0.29, 0.717) is 11.8 Å². The zero-order valence-corrected chi connectivity index (χ0v) is 14.6. The molecule has 5 nitrogen and oxygen atoms in total. The Bertz CT molecular complexity index is 974. The minimum absolute atomic E-state index is 0.0181. The van der Waals surface area contributed by atoms with E-state index in [1.54, 1.807) is 0 Å². The van der Waals surface area contributed by atoms with Gasteiger partial charge in [0.15, 0.2) is 5.92 Å². The fourth-order valence-corrected chi connectivity index (χ4v) is 4.74. The second-order valence-electron chi connectivity index (χ2n) is 7.50. The molecule has 2 aromatic carbocycles. The average Bonchev–Trinajstić information content (AvgIpc) is 3.41. The van der Waals surface area contributed by atoms with Gasteiger partial charge in [-0.2, -0.15) is 5.26 Å². The standard InChI is InChI=1S/C22H17N3O2/c23-11-16(21-24-19-14-7-3-1-5-12(14)9-17(19)26-21)22-25-20-15-8-4-2-6-13(15)10-18(20)27-22/h1-8,16-20H,9-10H2/t17-,18-,19+,20+/m0/s1. The molecule has 0 amide bonds. The summed E-state index contributed by atoms with van der Waals surface area (Å²) in [5.74, 6) is 0.239. The molecule has 4 aliphatic rings. The van der Waals surface area contributed by atoms with Crippen molar-refractivity contribution in [2.45, 2.75) is 37.1 Å². The summed E-state index contributed by atoms with van der Waals surface area (Å²) in [5, 5.41) is 9.79. The van der Waals surface area contributed by atoms with E-state index in [1.165, 1.54) is 22.3 Å². The highest BCUT2D eigenvalue weighted by Crippen LogP contribution is 2.43. The van der Waals surface area contributed by atoms with E-state index in [0.717, 1.165) is 12.8 Å². The molecule has 27 heavy (non-hydrogen) atoms. The largest absolute Gasteiger partial charge is 0.473 e. The van der Waals surface area contributed by atoms with Crippen LogP contribution in [-0.2, 0) is 22.3 Å². The van der Waals surface area contributed by atoms with Gasteiger partial charge in [-0.1, -0.05) is 48.5 Å². The summed E-state index contributed by atoms with van der Waals surface area (Å²) in [4.78, 5) is 9.51. The Hall–Kier alpha value is -3.13. The molecule has 0 saturated heterocycles. The molecule has 0 bridgehead atoms. The molecular weight excluding hydrogens is 338 g/mol. The molecule has 0 unspecified atom stereocenters. The van der Waals surface area contributed by atoms with Crippen molar-refractivity contribution >= 4 is 11.8 Å². The van der Waals surface area contributed by atoms with Crippen molar-refractivity contribution in [3.63, 3.8) is 0 Å². The molecule has 0 N–H and O–H groups in total. The monoisotopic (exact) mass is 355 g/mol. The number of hydrogen-bond donors (Lipinski definition) is 0. The van der Waals surface area contributed by atoms with Gasteiger partial charge >= 0.3 is 0 Å². The fourth-order valence-electron chi connectivity index (χ4n) is 4.74. The van der Waals surface area contributed by atoms with Crippen LogP contribution in [0.2, 0.25) is 0 Å². The molecule has 2 heterocycles. The molecule has 4 atom stereocenters. The van der Waals surface area contributed by atoms with Crippen LogP contribution in [0.1, 0.15) is 34.3 Å². The lowest BCUT2D eigenvalue weighted by atomic mass is 10.1. The summed E-state index contributed by atoms with van der Waals surface area (Å²) in [6.07, 6.45) is 1.63. The third-order valence-electron chi connectivity index (χ3n) is 5.99. The van der Waals surface area contributed by atoms with Crippen molar-refractivity contribution in [3.8, 4) is 6.07 Å². The van der Waals surface area contributed by atoms with Crippen LogP contribution in [-0.4, -0.2) is 24.0 Å². The zero-order valence-electron chi connectivity index (χ0n) is 14.6. The van der Waals surface area contributed by atoms with Gasteiger partial charge in [0.05, 0.1) is 6.07 Å². The highest BCUT2D eigenvalue weighted by molar-refractivity contribution is 6.04. The maximum Gasteiger partial charge on any atom is 0.211 e. The summed E-state index contributed by atoms with van der Waals surface area (Å²) < 4.78 is 12.2. The first-order chi connectivity index (χ1) is 13.3. The lowest BCUT2D eigenvalue weighted by molar-refractivity contribution is 0.187. The second-order valence-corrected chi connectivity index (χ2v) is 7.50. The van der Waals surface area contributed by atoms with E-state index in [9.17, 15) is 5.26 Å². The van der Waals surface area contributed by atoms with Gasteiger partial charge in [0.2, 0.25) is 11.8 Å². The molecule has 0 spiro atoms. The van der Waals surface area contributed by atoms with Crippen molar-refractivity contribution in [3.05, 3.63) is 70.8 Å². The van der Waals surface area contributed by atoms with Crippen molar-refractivity contribution in [1.82, 2.24) is 0 Å². The van der Waals surface area contributed by atoms with Crippen molar-refractivity contribution in [1.29, 1.82) is 5.26 Å². The molecule has 0 saturated carbocycles. The van der Waals surface area contributed by atoms with Gasteiger partial charge in [0, 0.05) is 12.8 Å². The summed E-state index contributed by atoms with van der Waals surface area (Å²) in [7, 11) is 0. The number of benzene rings is 2. The molecule has 132 valence electrons. The van der Waals surface area contributed by atoms with E-state index in [2.05, 4.69) is 30.3 Å². The lowest BCUT2D eigenvalue weighted by Crippen LogP contribution is -2.27. The third-order valence-corrected chi connectivity index (χ3v) is 5.99. The van der Waals surface area contributed by atoms with Gasteiger partial charge < -0.3 is 9.47 Å². The molecule has 0 aromatic heterocycles. The van der Waals surface area contributed by atoms with E-state index in [1.807, 2.05) is 24.3 Å². The maximum atomic E-state index is 9.79. The quantitative estimate of drug-likeness (QED) is 0.830. The molecule has 5 heteroatoms. The van der Waals surface area contributed by atoms with Crippen LogP contribution in [0.25, 0.3) is 0 Å². The summed E-state index contributed by atoms with van der Waals surface area (Å²) >= 11 is 0. The number of hydrogen-bond acceptors (Lipinski definition) is 5. The normalized spacial score (nSPS) is 29.0. The molecule has 2 aromatic rings. The van der Waals surface area contributed by atoms with Gasteiger partial charge in [-0.15, -0.1) is 0 Å². The predicted octanol–water partition coefficient (Wildman–Crippen LogP) is 3.32.